The zero-order valence-corrected chi connectivity index (χ0v) is 11.6. The Balaban J connectivity index is 1.94. The molecule has 6 heteroatoms. The number of amides is 1. The highest BCUT2D eigenvalue weighted by Crippen LogP contribution is 2.20. The fourth-order valence-electron chi connectivity index (χ4n) is 2.86. The molecule has 3 N–H and O–H groups in total. The van der Waals surface area contributed by atoms with E-state index < -0.39 is 0 Å². The van der Waals surface area contributed by atoms with Crippen LogP contribution < -0.4 is 11.1 Å². The van der Waals surface area contributed by atoms with E-state index in [2.05, 4.69) is 11.4 Å². The fourth-order valence-corrected chi connectivity index (χ4v) is 2.86. The highest BCUT2D eigenvalue weighted by molar-refractivity contribution is 5.80. The molecule has 108 valence electrons. The third-order valence-corrected chi connectivity index (χ3v) is 3.93. The van der Waals surface area contributed by atoms with Crippen molar-refractivity contribution in [1.29, 1.82) is 5.26 Å². The van der Waals surface area contributed by atoms with E-state index in [1.165, 1.54) is 0 Å². The van der Waals surface area contributed by atoms with Gasteiger partial charge in [-0.05, 0) is 12.1 Å². The molecule has 1 fully saturated rings. The lowest BCUT2D eigenvalue weighted by atomic mass is 10.1. The third-order valence-electron chi connectivity index (χ3n) is 3.93. The molecule has 1 atom stereocenters. The molecule has 1 saturated heterocycles. The molecule has 1 aliphatic rings. The molecule has 0 aliphatic carbocycles. The summed E-state index contributed by atoms with van der Waals surface area (Å²) >= 11 is 0. The number of piperazine rings is 1. The number of primary amides is 1. The molecule has 0 spiro atoms. The molecule has 6 nitrogen and oxygen atoms in total. The molecule has 1 amide bonds. The van der Waals surface area contributed by atoms with E-state index in [0.717, 1.165) is 24.2 Å². The predicted molar refractivity (Wildman–Crippen MR) is 78.4 cm³/mol. The number of nitrogens with one attached hydrogen (secondary N) is 1. The van der Waals surface area contributed by atoms with Gasteiger partial charge in [0.1, 0.15) is 12.1 Å². The minimum absolute atomic E-state index is 0.326. The molecule has 21 heavy (non-hydrogen) atoms. The van der Waals surface area contributed by atoms with E-state index >= 15 is 0 Å². The summed E-state index contributed by atoms with van der Waals surface area (Å²) < 4.78 is 1.94. The first kappa shape index (κ1) is 13.6. The van der Waals surface area contributed by atoms with Gasteiger partial charge in [0.05, 0.1) is 11.1 Å². The van der Waals surface area contributed by atoms with Crippen LogP contribution in [0.1, 0.15) is 11.1 Å². The number of carbonyl (C=O) groups is 1. The zero-order chi connectivity index (χ0) is 14.8. The van der Waals surface area contributed by atoms with Crippen molar-refractivity contribution >= 4 is 11.4 Å². The molecular formula is C15H17N5O. The summed E-state index contributed by atoms with van der Waals surface area (Å²) in [5.41, 5.74) is 7.95. The number of hydrogen-bond donors (Lipinski definition) is 2. The van der Waals surface area contributed by atoms with Crippen molar-refractivity contribution in [1.82, 2.24) is 14.6 Å². The van der Waals surface area contributed by atoms with Crippen molar-refractivity contribution < 1.29 is 4.79 Å². The molecule has 1 unspecified atom stereocenters. The SMILES string of the molecule is N#Cc1c(CN2CCNCC2C(N)=O)cn2ccccc12. The van der Waals surface area contributed by atoms with Crippen LogP contribution in [0.3, 0.4) is 0 Å². The second-order valence-electron chi connectivity index (χ2n) is 5.23. The van der Waals surface area contributed by atoms with Gasteiger partial charge in [0.15, 0.2) is 0 Å². The second kappa shape index (κ2) is 5.56. The van der Waals surface area contributed by atoms with Gasteiger partial charge >= 0.3 is 0 Å². The van der Waals surface area contributed by atoms with Gasteiger partial charge in [-0.25, -0.2) is 0 Å². The number of nitrogens with two attached hydrogens (primary N) is 1. The summed E-state index contributed by atoms with van der Waals surface area (Å²) in [5, 5.41) is 12.6. The number of nitriles is 1. The van der Waals surface area contributed by atoms with Crippen LogP contribution in [0.2, 0.25) is 0 Å². The Morgan fingerprint density at radius 2 is 2.38 bits per heavy atom. The summed E-state index contributed by atoms with van der Waals surface area (Å²) in [6.07, 6.45) is 3.87. The van der Waals surface area contributed by atoms with Crippen molar-refractivity contribution in [3.05, 3.63) is 41.7 Å². The first-order valence-corrected chi connectivity index (χ1v) is 6.93. The van der Waals surface area contributed by atoms with Crippen molar-refractivity contribution in [2.24, 2.45) is 5.73 Å². The smallest absolute Gasteiger partial charge is 0.236 e. The van der Waals surface area contributed by atoms with E-state index in [-0.39, 0.29) is 11.9 Å². The summed E-state index contributed by atoms with van der Waals surface area (Å²) in [7, 11) is 0. The number of rotatable bonds is 3. The topological polar surface area (TPSA) is 86.6 Å². The fraction of sp³-hybridized carbons (Fsp3) is 0.333. The molecule has 0 radical (unpaired) electrons. The number of fused-ring (bicyclic) bond motifs is 1. The van der Waals surface area contributed by atoms with Gasteiger partial charge in [-0.1, -0.05) is 6.07 Å². The Hall–Kier alpha value is -2.36. The van der Waals surface area contributed by atoms with Crippen LogP contribution in [-0.2, 0) is 11.3 Å². The van der Waals surface area contributed by atoms with Crippen LogP contribution in [0.4, 0.5) is 0 Å². The van der Waals surface area contributed by atoms with Crippen molar-refractivity contribution in [2.45, 2.75) is 12.6 Å². The number of carbonyl (C=O) groups excluding carboxylic acids is 1. The van der Waals surface area contributed by atoms with Gasteiger partial charge in [0.25, 0.3) is 0 Å². The van der Waals surface area contributed by atoms with Gasteiger partial charge in [-0.3, -0.25) is 9.69 Å². The van der Waals surface area contributed by atoms with Crippen LogP contribution in [0.25, 0.3) is 5.52 Å². The van der Waals surface area contributed by atoms with Gasteiger partial charge < -0.3 is 15.5 Å². The lowest BCUT2D eigenvalue weighted by Gasteiger charge is -2.33. The Morgan fingerprint density at radius 1 is 1.52 bits per heavy atom. The molecule has 0 saturated carbocycles. The summed E-state index contributed by atoms with van der Waals surface area (Å²) in [6.45, 7) is 2.67. The van der Waals surface area contributed by atoms with Crippen LogP contribution in [0.15, 0.2) is 30.6 Å². The van der Waals surface area contributed by atoms with Crippen molar-refractivity contribution in [3.63, 3.8) is 0 Å². The van der Waals surface area contributed by atoms with Crippen LogP contribution in [-0.4, -0.2) is 40.9 Å². The number of pyridine rings is 1. The van der Waals surface area contributed by atoms with E-state index in [0.29, 0.717) is 18.7 Å². The van der Waals surface area contributed by atoms with E-state index in [1.807, 2.05) is 39.9 Å². The molecule has 0 bridgehead atoms. The third kappa shape index (κ3) is 2.49. The Labute approximate surface area is 122 Å². The van der Waals surface area contributed by atoms with E-state index in [1.54, 1.807) is 0 Å². The van der Waals surface area contributed by atoms with Gasteiger partial charge in [-0.15, -0.1) is 0 Å². The maximum absolute atomic E-state index is 11.6. The normalized spacial score (nSPS) is 19.5. The number of nitrogens with zero attached hydrogens (tertiary/aromatic N) is 3. The highest BCUT2D eigenvalue weighted by Gasteiger charge is 2.27. The lowest BCUT2D eigenvalue weighted by molar-refractivity contribution is -0.124. The molecule has 2 aromatic heterocycles. The standard InChI is InChI=1S/C15H17N5O/c16-7-12-11(9-19-5-2-1-3-13(12)19)10-20-6-4-18-8-14(20)15(17)21/h1-3,5,9,14,18H,4,6,8,10H2,(H2,17,21). The predicted octanol–water partition coefficient (Wildman–Crippen LogP) is 0.0701. The quantitative estimate of drug-likeness (QED) is 0.834. The molecule has 1 aliphatic heterocycles. The molecular weight excluding hydrogens is 266 g/mol. The Kier molecular flexibility index (Phi) is 3.60. The monoisotopic (exact) mass is 283 g/mol. The van der Waals surface area contributed by atoms with Crippen molar-refractivity contribution in [3.8, 4) is 6.07 Å². The Bertz CT molecular complexity index is 714. The van der Waals surface area contributed by atoms with Crippen molar-refractivity contribution in [2.75, 3.05) is 19.6 Å². The number of hydrogen-bond acceptors (Lipinski definition) is 4. The minimum atomic E-state index is -0.329. The summed E-state index contributed by atoms with van der Waals surface area (Å²) in [6, 6.07) is 7.71. The summed E-state index contributed by atoms with van der Waals surface area (Å²) in [5.74, 6) is -0.329. The Morgan fingerprint density at radius 3 is 3.14 bits per heavy atom. The maximum atomic E-state index is 11.6. The van der Waals surface area contributed by atoms with Crippen LogP contribution >= 0.6 is 0 Å². The molecule has 3 rings (SSSR count). The first-order valence-electron chi connectivity index (χ1n) is 6.93. The summed E-state index contributed by atoms with van der Waals surface area (Å²) in [4.78, 5) is 13.6. The maximum Gasteiger partial charge on any atom is 0.236 e. The largest absolute Gasteiger partial charge is 0.368 e. The highest BCUT2D eigenvalue weighted by atomic mass is 16.1. The van der Waals surface area contributed by atoms with Gasteiger partial charge in [-0.2, -0.15) is 5.26 Å². The average Bonchev–Trinajstić information content (AvgIpc) is 2.84. The molecule has 3 heterocycles. The minimum Gasteiger partial charge on any atom is -0.368 e. The molecule has 2 aromatic rings. The lowest BCUT2D eigenvalue weighted by Crippen LogP contribution is -2.56. The van der Waals surface area contributed by atoms with Gasteiger partial charge in [0.2, 0.25) is 5.91 Å². The molecule has 0 aromatic carbocycles. The van der Waals surface area contributed by atoms with Crippen LogP contribution in [0.5, 0.6) is 0 Å². The zero-order valence-electron chi connectivity index (χ0n) is 11.6. The van der Waals surface area contributed by atoms with E-state index in [9.17, 15) is 10.1 Å². The van der Waals surface area contributed by atoms with Gasteiger partial charge in [0, 0.05) is 44.1 Å². The van der Waals surface area contributed by atoms with E-state index in [4.69, 9.17) is 5.73 Å². The first-order chi connectivity index (χ1) is 10.2. The van der Waals surface area contributed by atoms with Crippen LogP contribution in [0, 0.1) is 11.3 Å². The average molecular weight is 283 g/mol. The second-order valence-corrected chi connectivity index (χ2v) is 5.23. The number of aromatic nitrogens is 1.